The van der Waals surface area contributed by atoms with Gasteiger partial charge in [0.15, 0.2) is 18.0 Å². The minimum atomic E-state index is -1.49. The van der Waals surface area contributed by atoms with Crippen molar-refractivity contribution in [2.24, 2.45) is 5.11 Å². The van der Waals surface area contributed by atoms with Crippen molar-refractivity contribution in [2.75, 3.05) is 13.2 Å². The molecule has 1 aliphatic rings. The molecule has 0 aromatic rings. The molecule has 1 saturated heterocycles. The molecule has 0 aromatic carbocycles. The number of esters is 4. The summed E-state index contributed by atoms with van der Waals surface area (Å²) in [6.07, 6.45) is -5.96. The van der Waals surface area contributed by atoms with Crippen LogP contribution in [0.1, 0.15) is 34.6 Å². The van der Waals surface area contributed by atoms with Crippen LogP contribution in [0, 0.1) is 0 Å². The molecule has 0 spiro atoms. The summed E-state index contributed by atoms with van der Waals surface area (Å²) < 4.78 is 31.8. The van der Waals surface area contributed by atoms with Gasteiger partial charge in [0.1, 0.15) is 12.7 Å². The van der Waals surface area contributed by atoms with Crippen molar-refractivity contribution in [1.29, 1.82) is 0 Å². The van der Waals surface area contributed by atoms with E-state index in [0.717, 1.165) is 34.0 Å². The zero-order valence-electron chi connectivity index (χ0n) is 18.7. The van der Waals surface area contributed by atoms with Gasteiger partial charge in [0.2, 0.25) is 12.4 Å². The summed E-state index contributed by atoms with van der Waals surface area (Å²) in [5.74, 6) is -3.53. The molecule has 14 nitrogen and oxygen atoms in total. The zero-order chi connectivity index (χ0) is 25.1. The van der Waals surface area contributed by atoms with Crippen LogP contribution in [0.15, 0.2) is 16.9 Å². The third-order valence-electron chi connectivity index (χ3n) is 4.05. The Morgan fingerprint density at radius 2 is 1.42 bits per heavy atom. The summed E-state index contributed by atoms with van der Waals surface area (Å²) >= 11 is 0. The largest absolute Gasteiger partial charge is 0.468 e. The minimum Gasteiger partial charge on any atom is -0.468 e. The second kappa shape index (κ2) is 13.0. The summed E-state index contributed by atoms with van der Waals surface area (Å²) in [7, 11) is 0. The van der Waals surface area contributed by atoms with Gasteiger partial charge in [-0.25, -0.2) is 0 Å². The predicted octanol–water partition coefficient (Wildman–Crippen LogP) is 0.869. The van der Waals surface area contributed by atoms with Crippen LogP contribution in [0.5, 0.6) is 0 Å². The minimum absolute atomic E-state index is 0.0411. The molecule has 1 aliphatic heterocycles. The van der Waals surface area contributed by atoms with Crippen molar-refractivity contribution in [2.45, 2.75) is 65.3 Å². The van der Waals surface area contributed by atoms with E-state index in [0.29, 0.717) is 0 Å². The molecule has 1 rings (SSSR count). The summed E-state index contributed by atoms with van der Waals surface area (Å²) in [5, 5.41) is 3.29. The maximum atomic E-state index is 11.8. The van der Waals surface area contributed by atoms with Crippen LogP contribution in [0.4, 0.5) is 0 Å². The van der Waals surface area contributed by atoms with Crippen LogP contribution in [0.3, 0.4) is 0 Å². The smallest absolute Gasteiger partial charge is 0.303 e. The monoisotopic (exact) mass is 471 g/mol. The second-order valence-corrected chi connectivity index (χ2v) is 6.79. The number of rotatable bonds is 10. The Bertz CT molecular complexity index is 850. The van der Waals surface area contributed by atoms with Crippen molar-refractivity contribution >= 4 is 29.7 Å². The first kappa shape index (κ1) is 27.4. The van der Waals surface area contributed by atoms with Gasteiger partial charge in [-0.15, -0.1) is 0 Å². The van der Waals surface area contributed by atoms with E-state index in [4.69, 9.17) is 34.0 Å². The lowest BCUT2D eigenvalue weighted by Crippen LogP contribution is -2.62. The molecule has 1 fully saturated rings. The lowest BCUT2D eigenvalue weighted by molar-refractivity contribution is -0.297. The van der Waals surface area contributed by atoms with Gasteiger partial charge in [0.05, 0.1) is 12.8 Å². The number of nitrogens with zero attached hydrogens (tertiary/aromatic N) is 3. The molecule has 0 radical (unpaired) electrons. The van der Waals surface area contributed by atoms with E-state index in [1.807, 2.05) is 0 Å². The quantitative estimate of drug-likeness (QED) is 0.0835. The Morgan fingerprint density at radius 1 is 0.879 bits per heavy atom. The molecule has 0 unspecified atom stereocenters. The lowest BCUT2D eigenvalue weighted by Gasteiger charge is -2.43. The van der Waals surface area contributed by atoms with Gasteiger partial charge in [0.25, 0.3) is 0 Å². The summed E-state index contributed by atoms with van der Waals surface area (Å²) in [6, 6.07) is 0. The number of ketones is 1. The SMILES string of the molecule is CC(=O)OC[C@H]1O[C@@H](O/C=C(/CN=[N+]=[N-])C(C)=O)[C@H](OC(C)=O)[C@@H](OC(C)=O)[C@@H]1OC(C)=O. The van der Waals surface area contributed by atoms with E-state index in [1.54, 1.807) is 0 Å². The van der Waals surface area contributed by atoms with Crippen LogP contribution < -0.4 is 0 Å². The van der Waals surface area contributed by atoms with E-state index < -0.39 is 67.0 Å². The molecule has 0 amide bonds. The van der Waals surface area contributed by atoms with E-state index in [2.05, 4.69) is 10.0 Å². The van der Waals surface area contributed by atoms with Gasteiger partial charge in [-0.3, -0.25) is 24.0 Å². The fourth-order valence-electron chi connectivity index (χ4n) is 2.79. The molecule has 33 heavy (non-hydrogen) atoms. The molecule has 0 aromatic heterocycles. The Hall–Kier alpha value is -3.64. The molecule has 182 valence electrons. The van der Waals surface area contributed by atoms with Gasteiger partial charge in [-0.2, -0.15) is 0 Å². The van der Waals surface area contributed by atoms with Gasteiger partial charge in [-0.05, 0) is 12.5 Å². The molecule has 14 heteroatoms. The standard InChI is InChI=1S/C19H25N3O11/c1-9(23)14(6-21-22-20)7-29-19-18(32-13(5)27)17(31-12(4)26)16(30-11(3)25)15(33-19)8-28-10(2)24/h7,15-19H,6,8H2,1-5H3/b14-7-/t15-,16-,17+,18-,19-/m1/s1. The average Bonchev–Trinajstić information content (AvgIpc) is 2.69. The molecule has 1 heterocycles. The average molecular weight is 471 g/mol. The molecule has 0 saturated carbocycles. The fourth-order valence-corrected chi connectivity index (χ4v) is 2.79. The van der Waals surface area contributed by atoms with Crippen LogP contribution in [-0.4, -0.2) is 73.5 Å². The first-order valence-corrected chi connectivity index (χ1v) is 9.63. The number of Topliss-reactive ketones (excluding diaryl/α,β-unsaturated/α-hetero) is 1. The molecule has 0 N–H and O–H groups in total. The van der Waals surface area contributed by atoms with Crippen LogP contribution in [-0.2, 0) is 52.4 Å². The number of carbonyl (C=O) groups excluding carboxylic acids is 5. The van der Waals surface area contributed by atoms with Crippen LogP contribution in [0.2, 0.25) is 0 Å². The van der Waals surface area contributed by atoms with Gasteiger partial charge >= 0.3 is 23.9 Å². The van der Waals surface area contributed by atoms with E-state index >= 15 is 0 Å². The van der Waals surface area contributed by atoms with Gasteiger partial charge < -0.3 is 28.4 Å². The van der Waals surface area contributed by atoms with Crippen LogP contribution in [0.25, 0.3) is 10.4 Å². The zero-order valence-corrected chi connectivity index (χ0v) is 18.7. The summed E-state index contributed by atoms with van der Waals surface area (Å²) in [6.45, 7) is 4.82. The van der Waals surface area contributed by atoms with Crippen molar-refractivity contribution in [3.8, 4) is 0 Å². The van der Waals surface area contributed by atoms with Crippen molar-refractivity contribution in [1.82, 2.24) is 0 Å². The van der Waals surface area contributed by atoms with Gasteiger partial charge in [0, 0.05) is 38.2 Å². The highest BCUT2D eigenvalue weighted by Crippen LogP contribution is 2.30. The highest BCUT2D eigenvalue weighted by Gasteiger charge is 2.53. The number of azide groups is 1. The third kappa shape index (κ3) is 9.17. The maximum absolute atomic E-state index is 11.8. The number of hydrogen-bond donors (Lipinski definition) is 0. The van der Waals surface area contributed by atoms with E-state index in [1.165, 1.54) is 6.92 Å². The Balaban J connectivity index is 3.42. The first-order valence-electron chi connectivity index (χ1n) is 9.63. The summed E-state index contributed by atoms with van der Waals surface area (Å²) in [5.41, 5.74) is 8.44. The van der Waals surface area contributed by atoms with Crippen LogP contribution >= 0.6 is 0 Å². The Morgan fingerprint density at radius 3 is 1.91 bits per heavy atom. The lowest BCUT2D eigenvalue weighted by atomic mass is 9.98. The molecule has 0 bridgehead atoms. The van der Waals surface area contributed by atoms with Crippen molar-refractivity contribution in [3.05, 3.63) is 22.3 Å². The second-order valence-electron chi connectivity index (χ2n) is 6.79. The van der Waals surface area contributed by atoms with E-state index in [-0.39, 0.29) is 12.1 Å². The van der Waals surface area contributed by atoms with Crippen molar-refractivity contribution in [3.63, 3.8) is 0 Å². The normalized spacial score (nSPS) is 24.5. The van der Waals surface area contributed by atoms with Gasteiger partial charge in [-0.1, -0.05) is 5.11 Å². The molecular formula is C19H25N3O11. The topological polar surface area (TPSA) is 189 Å². The summed E-state index contributed by atoms with van der Waals surface area (Å²) in [4.78, 5) is 60.8. The number of hydrogen-bond acceptors (Lipinski definition) is 12. The highest BCUT2D eigenvalue weighted by atomic mass is 16.7. The third-order valence-corrected chi connectivity index (χ3v) is 4.05. The Kier molecular flexibility index (Phi) is 10.8. The molecule has 5 atom stereocenters. The maximum Gasteiger partial charge on any atom is 0.303 e. The number of ether oxygens (including phenoxy) is 6. The highest BCUT2D eigenvalue weighted by molar-refractivity contribution is 5.93. The molecule has 0 aliphatic carbocycles. The predicted molar refractivity (Wildman–Crippen MR) is 106 cm³/mol. The molecular weight excluding hydrogens is 446 g/mol. The van der Waals surface area contributed by atoms with E-state index in [9.17, 15) is 24.0 Å². The number of carbonyl (C=O) groups is 5. The first-order chi connectivity index (χ1) is 15.5. The van der Waals surface area contributed by atoms with Crippen molar-refractivity contribution < 1.29 is 52.4 Å². The Labute approximate surface area is 188 Å². The fraction of sp³-hybridized carbons (Fsp3) is 0.632.